The van der Waals surface area contributed by atoms with Gasteiger partial charge in [0.1, 0.15) is 6.61 Å². The van der Waals surface area contributed by atoms with Gasteiger partial charge in [-0.25, -0.2) is 0 Å². The van der Waals surface area contributed by atoms with Crippen LogP contribution in [0.15, 0.2) is 59.0 Å². The van der Waals surface area contributed by atoms with E-state index >= 15 is 0 Å². The smallest absolute Gasteiger partial charge is 0.247 e. The lowest BCUT2D eigenvalue weighted by molar-refractivity contribution is 0.284. The number of aryl methyl sites for hydroxylation is 4. The van der Waals surface area contributed by atoms with Crippen molar-refractivity contribution in [2.45, 2.75) is 33.4 Å². The number of methoxy groups -OCH3 is 1. The molecule has 7 heteroatoms. The Labute approximate surface area is 175 Å². The molecule has 2 aromatic heterocycles. The Kier molecular flexibility index (Phi) is 5.79. The number of nitrogens with zero attached hydrogens (tertiary/aromatic N) is 4. The highest BCUT2D eigenvalue weighted by atomic mass is 16.5. The van der Waals surface area contributed by atoms with Crippen LogP contribution in [0.25, 0.3) is 11.5 Å². The zero-order valence-electron chi connectivity index (χ0n) is 17.3. The topological polar surface area (TPSA) is 75.2 Å². The zero-order chi connectivity index (χ0) is 20.9. The minimum absolute atomic E-state index is 0.410. The predicted molar refractivity (Wildman–Crippen MR) is 112 cm³/mol. The molecule has 0 aliphatic carbocycles. The highest BCUT2D eigenvalue weighted by Gasteiger charge is 2.11. The van der Waals surface area contributed by atoms with Gasteiger partial charge in [-0.05, 0) is 49.7 Å². The maximum Gasteiger partial charge on any atom is 0.247 e. The largest absolute Gasteiger partial charge is 0.493 e. The van der Waals surface area contributed by atoms with Crippen molar-refractivity contribution in [3.63, 3.8) is 0 Å². The summed E-state index contributed by atoms with van der Waals surface area (Å²) in [5.41, 5.74) is 3.99. The van der Waals surface area contributed by atoms with Gasteiger partial charge in [-0.2, -0.15) is 5.10 Å². The van der Waals surface area contributed by atoms with E-state index in [4.69, 9.17) is 13.9 Å². The van der Waals surface area contributed by atoms with Crippen molar-refractivity contribution in [1.82, 2.24) is 20.0 Å². The minimum Gasteiger partial charge on any atom is -0.493 e. The third-order valence-corrected chi connectivity index (χ3v) is 4.75. The van der Waals surface area contributed by atoms with Crippen LogP contribution in [-0.2, 0) is 19.6 Å². The van der Waals surface area contributed by atoms with Crippen LogP contribution in [0.3, 0.4) is 0 Å². The van der Waals surface area contributed by atoms with Gasteiger partial charge in [0.15, 0.2) is 11.5 Å². The van der Waals surface area contributed by atoms with E-state index < -0.39 is 0 Å². The van der Waals surface area contributed by atoms with E-state index in [0.717, 1.165) is 22.5 Å². The summed E-state index contributed by atoms with van der Waals surface area (Å²) in [6, 6.07) is 17.5. The van der Waals surface area contributed by atoms with Crippen LogP contribution in [0.5, 0.6) is 11.5 Å². The number of para-hydroxylation sites is 2. The highest BCUT2D eigenvalue weighted by Crippen LogP contribution is 2.27. The molecule has 0 saturated heterocycles. The SMILES string of the molecule is COc1ccccc1OCc1cccc(-c2nnc(CCn3nc(C)cc3C)o2)c1. The predicted octanol–water partition coefficient (Wildman–Crippen LogP) is 4.38. The molecule has 0 bridgehead atoms. The second-order valence-electron chi connectivity index (χ2n) is 7.04. The molecular formula is C23H24N4O3. The van der Waals surface area contributed by atoms with E-state index in [1.165, 1.54) is 0 Å². The van der Waals surface area contributed by atoms with Gasteiger partial charge in [0.25, 0.3) is 0 Å². The average Bonchev–Trinajstić information content (AvgIpc) is 3.37. The third-order valence-electron chi connectivity index (χ3n) is 4.75. The lowest BCUT2D eigenvalue weighted by Crippen LogP contribution is -2.05. The van der Waals surface area contributed by atoms with Crippen molar-refractivity contribution < 1.29 is 13.9 Å². The maximum atomic E-state index is 5.91. The molecule has 0 atom stereocenters. The fourth-order valence-electron chi connectivity index (χ4n) is 3.27. The van der Waals surface area contributed by atoms with Crippen LogP contribution < -0.4 is 9.47 Å². The fraction of sp³-hybridized carbons (Fsp3) is 0.261. The Balaban J connectivity index is 1.42. The highest BCUT2D eigenvalue weighted by molar-refractivity contribution is 5.53. The van der Waals surface area contributed by atoms with Crippen LogP contribution in [0.2, 0.25) is 0 Å². The molecule has 0 amide bonds. The van der Waals surface area contributed by atoms with E-state index in [2.05, 4.69) is 21.4 Å². The molecule has 4 aromatic rings. The molecule has 30 heavy (non-hydrogen) atoms. The maximum absolute atomic E-state index is 5.91. The third kappa shape index (κ3) is 4.51. The van der Waals surface area contributed by atoms with E-state index in [-0.39, 0.29) is 0 Å². The van der Waals surface area contributed by atoms with E-state index in [9.17, 15) is 0 Å². The molecule has 154 valence electrons. The van der Waals surface area contributed by atoms with Crippen molar-refractivity contribution >= 4 is 0 Å². The standard InChI is InChI=1S/C23H24N4O3/c1-16-13-17(2)27(26-16)12-11-22-24-25-23(30-22)19-8-6-7-18(14-19)15-29-21-10-5-4-9-20(21)28-3/h4-10,13-14H,11-12,15H2,1-3H3. The summed E-state index contributed by atoms with van der Waals surface area (Å²) in [6.07, 6.45) is 0.631. The molecular weight excluding hydrogens is 380 g/mol. The number of hydrogen-bond donors (Lipinski definition) is 0. The Morgan fingerprint density at radius 3 is 2.57 bits per heavy atom. The van der Waals surface area contributed by atoms with E-state index in [1.54, 1.807) is 7.11 Å². The molecule has 0 saturated carbocycles. The van der Waals surface area contributed by atoms with Gasteiger partial charge >= 0.3 is 0 Å². The molecule has 0 aliphatic rings. The van der Waals surface area contributed by atoms with Crippen LogP contribution in [0.4, 0.5) is 0 Å². The van der Waals surface area contributed by atoms with Crippen molar-refractivity contribution in [3.8, 4) is 23.0 Å². The first-order valence-electron chi connectivity index (χ1n) is 9.81. The van der Waals surface area contributed by atoms with E-state index in [0.29, 0.717) is 42.9 Å². The number of benzene rings is 2. The van der Waals surface area contributed by atoms with Gasteiger partial charge in [-0.1, -0.05) is 24.3 Å². The summed E-state index contributed by atoms with van der Waals surface area (Å²) in [5.74, 6) is 2.50. The number of hydrogen-bond acceptors (Lipinski definition) is 6. The van der Waals surface area contributed by atoms with Crippen LogP contribution in [0, 0.1) is 13.8 Å². The summed E-state index contributed by atoms with van der Waals surface area (Å²) in [6.45, 7) is 5.14. The van der Waals surface area contributed by atoms with Crippen LogP contribution in [0.1, 0.15) is 22.8 Å². The average molecular weight is 404 g/mol. The van der Waals surface area contributed by atoms with Gasteiger partial charge in [0.05, 0.1) is 12.8 Å². The lowest BCUT2D eigenvalue weighted by atomic mass is 10.1. The zero-order valence-corrected chi connectivity index (χ0v) is 17.3. The summed E-state index contributed by atoms with van der Waals surface area (Å²) in [4.78, 5) is 0. The normalized spacial score (nSPS) is 10.9. The molecule has 0 unspecified atom stereocenters. The molecule has 2 heterocycles. The summed E-state index contributed by atoms with van der Waals surface area (Å²) in [5, 5.41) is 12.9. The van der Waals surface area contributed by atoms with Gasteiger partial charge in [-0.3, -0.25) is 4.68 Å². The van der Waals surface area contributed by atoms with E-state index in [1.807, 2.05) is 67.1 Å². The van der Waals surface area contributed by atoms with Crippen molar-refractivity contribution in [3.05, 3.63) is 77.4 Å². The number of ether oxygens (including phenoxy) is 2. The van der Waals surface area contributed by atoms with Crippen molar-refractivity contribution in [2.24, 2.45) is 0 Å². The molecule has 0 N–H and O–H groups in total. The first kappa shape index (κ1) is 19.7. The van der Waals surface area contributed by atoms with Crippen molar-refractivity contribution in [2.75, 3.05) is 7.11 Å². The van der Waals surface area contributed by atoms with Gasteiger partial charge in [-0.15, -0.1) is 10.2 Å². The Morgan fingerprint density at radius 2 is 1.80 bits per heavy atom. The molecule has 2 aromatic carbocycles. The molecule has 7 nitrogen and oxygen atoms in total. The molecule has 0 spiro atoms. The molecule has 0 aliphatic heterocycles. The molecule has 4 rings (SSSR count). The van der Waals surface area contributed by atoms with Gasteiger partial charge in [0, 0.05) is 24.2 Å². The van der Waals surface area contributed by atoms with Crippen LogP contribution in [-0.4, -0.2) is 27.1 Å². The molecule has 0 radical (unpaired) electrons. The first-order valence-corrected chi connectivity index (χ1v) is 9.81. The van der Waals surface area contributed by atoms with Gasteiger partial charge in [0.2, 0.25) is 11.8 Å². The Morgan fingerprint density at radius 1 is 0.967 bits per heavy atom. The second kappa shape index (κ2) is 8.82. The molecule has 0 fully saturated rings. The minimum atomic E-state index is 0.410. The first-order chi connectivity index (χ1) is 14.6. The quantitative estimate of drug-likeness (QED) is 0.434. The second-order valence-corrected chi connectivity index (χ2v) is 7.04. The Hall–Kier alpha value is -3.61. The lowest BCUT2D eigenvalue weighted by Gasteiger charge is -2.10. The summed E-state index contributed by atoms with van der Waals surface area (Å²) >= 11 is 0. The van der Waals surface area contributed by atoms with Gasteiger partial charge < -0.3 is 13.9 Å². The monoisotopic (exact) mass is 404 g/mol. The van der Waals surface area contributed by atoms with Crippen LogP contribution >= 0.6 is 0 Å². The fourth-order valence-corrected chi connectivity index (χ4v) is 3.27. The Bertz CT molecular complexity index is 1130. The number of rotatable bonds is 8. The van der Waals surface area contributed by atoms with Crippen molar-refractivity contribution in [1.29, 1.82) is 0 Å². The summed E-state index contributed by atoms with van der Waals surface area (Å²) in [7, 11) is 1.63. The summed E-state index contributed by atoms with van der Waals surface area (Å²) < 4.78 is 19.1. The number of aromatic nitrogens is 4.